The molecule has 1 rings (SSSR count). The van der Waals surface area contributed by atoms with Gasteiger partial charge in [-0.05, 0) is 23.0 Å². The summed E-state index contributed by atoms with van der Waals surface area (Å²) in [6.07, 6.45) is 0.0704. The van der Waals surface area contributed by atoms with Crippen molar-refractivity contribution in [1.82, 2.24) is 4.90 Å². The quantitative estimate of drug-likeness (QED) is 0.509. The largest absolute Gasteiger partial charge is 0.456 e. The standard InChI is InChI=1S/C23H35NO4/c1-9-17(25)21(27)28-19(23(5,6)7)15-18(22(2,3)4)24(8)20(26)16-13-11-10-12-14-16/h10-14,18-19H,9,15H2,1-8H3/t18-,19+/m0/s1. The lowest BCUT2D eigenvalue weighted by atomic mass is 9.77. The van der Waals surface area contributed by atoms with Crippen molar-refractivity contribution in [2.45, 2.75) is 73.5 Å². The molecule has 0 N–H and O–H groups in total. The number of esters is 1. The molecule has 0 saturated carbocycles. The third-order valence-corrected chi connectivity index (χ3v) is 5.01. The minimum absolute atomic E-state index is 0.0795. The summed E-state index contributed by atoms with van der Waals surface area (Å²) in [5.74, 6) is -1.41. The van der Waals surface area contributed by atoms with Gasteiger partial charge >= 0.3 is 5.97 Å². The highest BCUT2D eigenvalue weighted by Gasteiger charge is 2.39. The van der Waals surface area contributed by atoms with E-state index < -0.39 is 17.9 Å². The van der Waals surface area contributed by atoms with Gasteiger partial charge in [-0.3, -0.25) is 9.59 Å². The summed E-state index contributed by atoms with van der Waals surface area (Å²) in [5.41, 5.74) is -0.00191. The minimum atomic E-state index is -0.799. The van der Waals surface area contributed by atoms with Crippen LogP contribution in [0.25, 0.3) is 0 Å². The average Bonchev–Trinajstić information content (AvgIpc) is 2.61. The number of ketones is 1. The molecule has 0 fully saturated rings. The Hall–Kier alpha value is -2.17. The maximum Gasteiger partial charge on any atom is 0.374 e. The minimum Gasteiger partial charge on any atom is -0.456 e. The van der Waals surface area contributed by atoms with Crippen molar-refractivity contribution in [3.63, 3.8) is 0 Å². The number of carbonyl (C=O) groups is 3. The van der Waals surface area contributed by atoms with Crippen LogP contribution in [0.5, 0.6) is 0 Å². The second-order valence-corrected chi connectivity index (χ2v) is 9.44. The Morgan fingerprint density at radius 1 is 0.964 bits per heavy atom. The Morgan fingerprint density at radius 3 is 1.93 bits per heavy atom. The summed E-state index contributed by atoms with van der Waals surface area (Å²) in [6.45, 7) is 13.7. The zero-order chi connectivity index (χ0) is 21.7. The van der Waals surface area contributed by atoms with Crippen LogP contribution in [0.2, 0.25) is 0 Å². The number of hydrogen-bond acceptors (Lipinski definition) is 4. The van der Waals surface area contributed by atoms with Gasteiger partial charge in [0.05, 0.1) is 0 Å². The Kier molecular flexibility index (Phi) is 7.97. The van der Waals surface area contributed by atoms with Gasteiger partial charge in [0, 0.05) is 31.5 Å². The van der Waals surface area contributed by atoms with E-state index in [9.17, 15) is 14.4 Å². The van der Waals surface area contributed by atoms with Gasteiger partial charge in [-0.25, -0.2) is 4.79 Å². The predicted molar refractivity (Wildman–Crippen MR) is 111 cm³/mol. The summed E-state index contributed by atoms with van der Waals surface area (Å²) < 4.78 is 5.60. The molecule has 5 heteroatoms. The van der Waals surface area contributed by atoms with Crippen molar-refractivity contribution in [3.8, 4) is 0 Å². The molecule has 0 bridgehead atoms. The summed E-state index contributed by atoms with van der Waals surface area (Å²) in [6, 6.07) is 8.94. The van der Waals surface area contributed by atoms with Crippen molar-refractivity contribution in [2.24, 2.45) is 10.8 Å². The fourth-order valence-corrected chi connectivity index (χ4v) is 3.14. The normalized spacial score (nSPS) is 14.1. The van der Waals surface area contributed by atoms with Gasteiger partial charge in [0.25, 0.3) is 5.91 Å². The first kappa shape index (κ1) is 23.9. The number of benzene rings is 1. The van der Waals surface area contributed by atoms with Crippen LogP contribution >= 0.6 is 0 Å². The Bertz CT molecular complexity index is 683. The summed E-state index contributed by atoms with van der Waals surface area (Å²) in [7, 11) is 1.78. The molecule has 1 aromatic carbocycles. The maximum absolute atomic E-state index is 13.0. The smallest absolute Gasteiger partial charge is 0.374 e. The number of ether oxygens (including phenoxy) is 1. The first-order chi connectivity index (χ1) is 12.8. The maximum atomic E-state index is 13.0. The van der Waals surface area contributed by atoms with Crippen molar-refractivity contribution in [3.05, 3.63) is 35.9 Å². The highest BCUT2D eigenvalue weighted by Crippen LogP contribution is 2.34. The van der Waals surface area contributed by atoms with Crippen LogP contribution in [-0.4, -0.2) is 41.8 Å². The molecular weight excluding hydrogens is 354 g/mol. The SMILES string of the molecule is CCC(=O)C(=O)O[C@H](C[C@H](N(C)C(=O)c1ccccc1)C(C)(C)C)C(C)(C)C. The number of Topliss-reactive ketones (excluding diaryl/α,β-unsaturated/α-hetero) is 1. The fraction of sp³-hybridized carbons (Fsp3) is 0.609. The molecule has 0 heterocycles. The van der Waals surface area contributed by atoms with E-state index in [1.54, 1.807) is 31.0 Å². The topological polar surface area (TPSA) is 63.7 Å². The van der Waals surface area contributed by atoms with Gasteiger partial charge < -0.3 is 9.64 Å². The van der Waals surface area contributed by atoms with Crippen molar-refractivity contribution in [2.75, 3.05) is 7.05 Å². The van der Waals surface area contributed by atoms with Crippen molar-refractivity contribution in [1.29, 1.82) is 0 Å². The molecule has 1 aromatic rings. The monoisotopic (exact) mass is 389 g/mol. The third-order valence-electron chi connectivity index (χ3n) is 5.01. The van der Waals surface area contributed by atoms with E-state index in [2.05, 4.69) is 20.8 Å². The summed E-state index contributed by atoms with van der Waals surface area (Å²) in [5, 5.41) is 0. The summed E-state index contributed by atoms with van der Waals surface area (Å²) >= 11 is 0. The van der Waals surface area contributed by atoms with Gasteiger partial charge in [0.2, 0.25) is 5.78 Å². The van der Waals surface area contributed by atoms with E-state index in [1.807, 2.05) is 39.0 Å². The molecular formula is C23H35NO4. The Morgan fingerprint density at radius 2 is 1.50 bits per heavy atom. The Balaban J connectivity index is 3.15. The van der Waals surface area contributed by atoms with E-state index in [1.165, 1.54) is 0 Å². The van der Waals surface area contributed by atoms with E-state index in [0.29, 0.717) is 12.0 Å². The zero-order valence-corrected chi connectivity index (χ0v) is 18.5. The highest BCUT2D eigenvalue weighted by atomic mass is 16.5. The number of nitrogens with zero attached hydrogens (tertiary/aromatic N) is 1. The van der Waals surface area contributed by atoms with Crippen LogP contribution in [-0.2, 0) is 14.3 Å². The lowest BCUT2D eigenvalue weighted by molar-refractivity contribution is -0.163. The van der Waals surface area contributed by atoms with Crippen LogP contribution in [0, 0.1) is 10.8 Å². The molecule has 5 nitrogen and oxygen atoms in total. The molecule has 0 radical (unpaired) electrons. The van der Waals surface area contributed by atoms with Gasteiger partial charge in [0.15, 0.2) is 0 Å². The molecule has 0 aromatic heterocycles. The van der Waals surface area contributed by atoms with Gasteiger partial charge in [0.1, 0.15) is 6.10 Å². The van der Waals surface area contributed by atoms with Crippen LogP contribution < -0.4 is 0 Å². The fourth-order valence-electron chi connectivity index (χ4n) is 3.14. The lowest BCUT2D eigenvalue weighted by Gasteiger charge is -2.42. The zero-order valence-electron chi connectivity index (χ0n) is 18.5. The lowest BCUT2D eigenvalue weighted by Crippen LogP contribution is -2.49. The first-order valence-corrected chi connectivity index (χ1v) is 9.85. The molecule has 0 aliphatic rings. The molecule has 0 saturated heterocycles. The molecule has 0 unspecified atom stereocenters. The van der Waals surface area contributed by atoms with E-state index in [4.69, 9.17) is 4.74 Å². The first-order valence-electron chi connectivity index (χ1n) is 9.85. The van der Waals surface area contributed by atoms with Crippen molar-refractivity contribution < 1.29 is 19.1 Å². The molecule has 2 atom stereocenters. The van der Waals surface area contributed by atoms with Gasteiger partial charge in [-0.2, -0.15) is 0 Å². The average molecular weight is 390 g/mol. The molecule has 0 aliphatic carbocycles. The van der Waals surface area contributed by atoms with Gasteiger partial charge in [-0.15, -0.1) is 0 Å². The second kappa shape index (κ2) is 9.35. The van der Waals surface area contributed by atoms with Crippen LogP contribution in [0.4, 0.5) is 0 Å². The molecule has 1 amide bonds. The Labute approximate surface area is 169 Å². The van der Waals surface area contributed by atoms with E-state index in [0.717, 1.165) is 0 Å². The highest BCUT2D eigenvalue weighted by molar-refractivity contribution is 6.33. The predicted octanol–water partition coefficient (Wildman–Crippen LogP) is 4.50. The van der Waals surface area contributed by atoms with Crippen LogP contribution in [0.15, 0.2) is 30.3 Å². The number of hydrogen-bond donors (Lipinski definition) is 0. The third kappa shape index (κ3) is 6.47. The van der Waals surface area contributed by atoms with Crippen LogP contribution in [0.1, 0.15) is 71.7 Å². The van der Waals surface area contributed by atoms with Crippen LogP contribution in [0.3, 0.4) is 0 Å². The summed E-state index contributed by atoms with van der Waals surface area (Å²) in [4.78, 5) is 38.6. The molecule has 156 valence electrons. The second-order valence-electron chi connectivity index (χ2n) is 9.44. The van der Waals surface area contributed by atoms with Gasteiger partial charge in [-0.1, -0.05) is 66.7 Å². The molecule has 0 aliphatic heterocycles. The number of rotatable bonds is 7. The molecule has 0 spiro atoms. The number of amides is 1. The van der Waals surface area contributed by atoms with E-state index in [-0.39, 0.29) is 29.2 Å². The number of carbonyl (C=O) groups excluding carboxylic acids is 3. The van der Waals surface area contributed by atoms with E-state index >= 15 is 0 Å². The molecule has 28 heavy (non-hydrogen) atoms. The van der Waals surface area contributed by atoms with Crippen molar-refractivity contribution >= 4 is 17.7 Å².